The van der Waals surface area contributed by atoms with E-state index in [1.807, 2.05) is 26.8 Å². The van der Waals surface area contributed by atoms with Crippen molar-refractivity contribution in [1.82, 2.24) is 4.31 Å². The molecule has 3 nitrogen and oxygen atoms in total. The molecule has 0 fully saturated rings. The van der Waals surface area contributed by atoms with Crippen LogP contribution in [0.2, 0.25) is 0 Å². The summed E-state index contributed by atoms with van der Waals surface area (Å²) in [5.41, 5.74) is 0. The Morgan fingerprint density at radius 1 is 1.41 bits per heavy atom. The van der Waals surface area contributed by atoms with Gasteiger partial charge in [0, 0.05) is 22.8 Å². The summed E-state index contributed by atoms with van der Waals surface area (Å²) in [6.07, 6.45) is 0.821. The zero-order valence-electron chi connectivity index (χ0n) is 10.3. The van der Waals surface area contributed by atoms with Crippen LogP contribution >= 0.6 is 27.3 Å². The molecule has 98 valence electrons. The van der Waals surface area contributed by atoms with Crippen LogP contribution in [-0.2, 0) is 10.0 Å². The number of hydrogen-bond donors (Lipinski definition) is 0. The fourth-order valence-corrected chi connectivity index (χ4v) is 4.88. The molecule has 0 radical (unpaired) electrons. The van der Waals surface area contributed by atoms with Crippen molar-refractivity contribution in [2.45, 2.75) is 37.4 Å². The fourth-order valence-electron chi connectivity index (χ4n) is 1.54. The van der Waals surface area contributed by atoms with Gasteiger partial charge in [-0.15, -0.1) is 11.3 Å². The average molecular weight is 340 g/mol. The molecule has 0 unspecified atom stereocenters. The molecule has 17 heavy (non-hydrogen) atoms. The van der Waals surface area contributed by atoms with Crippen LogP contribution in [0.15, 0.2) is 16.3 Å². The third-order valence-corrected chi connectivity index (χ3v) is 6.47. The zero-order valence-corrected chi connectivity index (χ0v) is 13.5. The lowest BCUT2D eigenvalue weighted by Gasteiger charge is -2.24. The molecule has 0 aliphatic carbocycles. The summed E-state index contributed by atoms with van der Waals surface area (Å²) in [6.45, 7) is 6.29. The molecule has 0 aromatic carbocycles. The highest BCUT2D eigenvalue weighted by Crippen LogP contribution is 2.25. The van der Waals surface area contributed by atoms with Crippen LogP contribution < -0.4 is 0 Å². The Morgan fingerprint density at radius 2 is 2.06 bits per heavy atom. The number of aryl methyl sites for hydroxylation is 1. The van der Waals surface area contributed by atoms with E-state index < -0.39 is 10.0 Å². The lowest BCUT2D eigenvalue weighted by atomic mass is 10.4. The van der Waals surface area contributed by atoms with Gasteiger partial charge >= 0.3 is 0 Å². The lowest BCUT2D eigenvalue weighted by molar-refractivity contribution is 0.356. The molecule has 0 saturated heterocycles. The minimum Gasteiger partial charge on any atom is -0.206 e. The van der Waals surface area contributed by atoms with Crippen LogP contribution in [-0.4, -0.2) is 30.6 Å². The highest BCUT2D eigenvalue weighted by atomic mass is 79.9. The topological polar surface area (TPSA) is 37.4 Å². The van der Waals surface area contributed by atoms with E-state index in [1.54, 1.807) is 10.4 Å². The van der Waals surface area contributed by atoms with Gasteiger partial charge in [0.1, 0.15) is 4.21 Å². The second-order valence-corrected chi connectivity index (χ2v) is 8.32. The smallest absolute Gasteiger partial charge is 0.206 e. The first kappa shape index (κ1) is 15.1. The Hall–Kier alpha value is 0.0900. The van der Waals surface area contributed by atoms with Gasteiger partial charge in [0.05, 0.1) is 0 Å². The van der Waals surface area contributed by atoms with Crippen LogP contribution in [0.1, 0.15) is 25.1 Å². The van der Waals surface area contributed by atoms with Crippen LogP contribution in [0, 0.1) is 6.92 Å². The van der Waals surface area contributed by atoms with Crippen LogP contribution in [0.4, 0.5) is 0 Å². The van der Waals surface area contributed by atoms with Gasteiger partial charge in [-0.1, -0.05) is 15.9 Å². The molecule has 6 heteroatoms. The van der Waals surface area contributed by atoms with E-state index >= 15 is 0 Å². The number of thiophene rings is 1. The Bertz CT molecular complexity index is 454. The number of rotatable bonds is 6. The largest absolute Gasteiger partial charge is 0.252 e. The van der Waals surface area contributed by atoms with Gasteiger partial charge in [-0.2, -0.15) is 4.31 Å². The molecule has 0 amide bonds. The Morgan fingerprint density at radius 3 is 2.47 bits per heavy atom. The normalized spacial score (nSPS) is 12.6. The summed E-state index contributed by atoms with van der Waals surface area (Å²) >= 11 is 4.67. The van der Waals surface area contributed by atoms with E-state index in [0.717, 1.165) is 16.6 Å². The van der Waals surface area contributed by atoms with Gasteiger partial charge in [0.25, 0.3) is 10.0 Å². The Kier molecular flexibility index (Phi) is 5.63. The van der Waals surface area contributed by atoms with Crippen LogP contribution in [0.25, 0.3) is 0 Å². The minimum absolute atomic E-state index is 0.0125. The molecule has 0 bridgehead atoms. The summed E-state index contributed by atoms with van der Waals surface area (Å²) in [6, 6.07) is 3.53. The van der Waals surface area contributed by atoms with Gasteiger partial charge in [0.15, 0.2) is 0 Å². The number of sulfonamides is 1. The maximum absolute atomic E-state index is 12.4. The monoisotopic (exact) mass is 339 g/mol. The van der Waals surface area contributed by atoms with Gasteiger partial charge in [-0.25, -0.2) is 8.42 Å². The SMILES string of the molecule is Cc1ccc(S(=O)(=O)N(CCCBr)C(C)C)s1. The summed E-state index contributed by atoms with van der Waals surface area (Å²) in [7, 11) is -3.32. The lowest BCUT2D eigenvalue weighted by Crippen LogP contribution is -2.37. The number of hydrogen-bond acceptors (Lipinski definition) is 3. The van der Waals surface area contributed by atoms with E-state index in [9.17, 15) is 8.42 Å². The molecule has 0 atom stereocenters. The summed E-state index contributed by atoms with van der Waals surface area (Å²) < 4.78 is 26.8. The Balaban J connectivity index is 3.00. The van der Waals surface area contributed by atoms with E-state index in [-0.39, 0.29) is 6.04 Å². The molecule has 0 saturated carbocycles. The van der Waals surface area contributed by atoms with E-state index in [4.69, 9.17) is 0 Å². The summed E-state index contributed by atoms with van der Waals surface area (Å²) in [5, 5.41) is 0.815. The third-order valence-electron chi connectivity index (χ3n) is 2.37. The summed E-state index contributed by atoms with van der Waals surface area (Å²) in [4.78, 5) is 1.02. The predicted octanol–water partition coefficient (Wildman–Crippen LogP) is 3.24. The standard InChI is InChI=1S/C11H18BrNO2S2/c1-9(2)13(8-4-7-12)17(14,15)11-6-5-10(3)16-11/h5-6,9H,4,7-8H2,1-3H3. The average Bonchev–Trinajstić information content (AvgIpc) is 2.65. The van der Waals surface area contributed by atoms with E-state index in [2.05, 4.69) is 15.9 Å². The summed E-state index contributed by atoms with van der Waals surface area (Å²) in [5.74, 6) is 0. The molecular formula is C11H18BrNO2S2. The first-order valence-corrected chi connectivity index (χ1v) is 8.91. The van der Waals surface area contributed by atoms with Crippen molar-refractivity contribution >= 4 is 37.3 Å². The van der Waals surface area contributed by atoms with Gasteiger partial charge in [-0.3, -0.25) is 0 Å². The number of nitrogens with zero attached hydrogens (tertiary/aromatic N) is 1. The fraction of sp³-hybridized carbons (Fsp3) is 0.636. The zero-order chi connectivity index (χ0) is 13.1. The molecule has 0 spiro atoms. The Labute approximate surface area is 116 Å². The van der Waals surface area contributed by atoms with Gasteiger partial charge in [0.2, 0.25) is 0 Å². The van der Waals surface area contributed by atoms with Crippen LogP contribution in [0.3, 0.4) is 0 Å². The molecule has 0 aliphatic rings. The quantitative estimate of drug-likeness (QED) is 0.746. The van der Waals surface area contributed by atoms with Crippen molar-refractivity contribution < 1.29 is 8.42 Å². The van der Waals surface area contributed by atoms with Crippen molar-refractivity contribution in [3.63, 3.8) is 0 Å². The van der Waals surface area contributed by atoms with Crippen molar-refractivity contribution in [3.05, 3.63) is 17.0 Å². The maximum atomic E-state index is 12.4. The predicted molar refractivity (Wildman–Crippen MR) is 76.5 cm³/mol. The van der Waals surface area contributed by atoms with Crippen molar-refractivity contribution in [2.24, 2.45) is 0 Å². The van der Waals surface area contributed by atoms with Crippen molar-refractivity contribution in [1.29, 1.82) is 0 Å². The molecule has 0 aliphatic heterocycles. The van der Waals surface area contributed by atoms with Crippen molar-refractivity contribution in [2.75, 3.05) is 11.9 Å². The highest BCUT2D eigenvalue weighted by Gasteiger charge is 2.27. The first-order valence-electron chi connectivity index (χ1n) is 5.54. The van der Waals surface area contributed by atoms with Crippen molar-refractivity contribution in [3.8, 4) is 0 Å². The third kappa shape index (κ3) is 3.77. The molecule has 1 aromatic heterocycles. The van der Waals surface area contributed by atoms with E-state index in [0.29, 0.717) is 10.8 Å². The molecule has 1 aromatic rings. The molecule has 0 N–H and O–H groups in total. The van der Waals surface area contributed by atoms with Crippen LogP contribution in [0.5, 0.6) is 0 Å². The number of alkyl halides is 1. The molecule has 1 heterocycles. The highest BCUT2D eigenvalue weighted by molar-refractivity contribution is 9.09. The maximum Gasteiger partial charge on any atom is 0.252 e. The second-order valence-electron chi connectivity index (χ2n) is 4.12. The number of halogens is 1. The van der Waals surface area contributed by atoms with Gasteiger partial charge < -0.3 is 0 Å². The molecular weight excluding hydrogens is 322 g/mol. The van der Waals surface area contributed by atoms with E-state index in [1.165, 1.54) is 11.3 Å². The minimum atomic E-state index is -3.32. The second kappa shape index (κ2) is 6.31. The molecule has 1 rings (SSSR count). The van der Waals surface area contributed by atoms with Gasteiger partial charge in [-0.05, 0) is 39.3 Å². The first-order chi connectivity index (χ1) is 7.89.